The normalized spacial score (nSPS) is 11.4. The Kier molecular flexibility index (Phi) is 7.38. The Labute approximate surface area is 170 Å². The van der Waals surface area contributed by atoms with Crippen LogP contribution in [-0.2, 0) is 20.7 Å². The maximum absolute atomic E-state index is 12.6. The zero-order valence-electron chi connectivity index (χ0n) is 14.7. The lowest BCUT2D eigenvalue weighted by Gasteiger charge is -2.18. The number of rotatable bonds is 6. The van der Waals surface area contributed by atoms with Crippen molar-refractivity contribution in [1.29, 1.82) is 0 Å². The van der Waals surface area contributed by atoms with Crippen LogP contribution in [-0.4, -0.2) is 30.9 Å². The van der Waals surface area contributed by atoms with E-state index in [1.807, 2.05) is 0 Å². The van der Waals surface area contributed by atoms with Crippen LogP contribution in [0, 0.1) is 0 Å². The van der Waals surface area contributed by atoms with Crippen molar-refractivity contribution in [2.24, 2.45) is 0 Å². The molecule has 2 aromatic carbocycles. The molecule has 0 saturated carbocycles. The molecule has 2 rings (SSSR count). The summed E-state index contributed by atoms with van der Waals surface area (Å²) in [7, 11) is 1.26. The van der Waals surface area contributed by atoms with Crippen LogP contribution in [0.2, 0.25) is 5.02 Å². The van der Waals surface area contributed by atoms with Crippen molar-refractivity contribution in [3.63, 3.8) is 0 Å². The zero-order chi connectivity index (χ0) is 20.0. The molecular formula is C19H18BrClN2O4. The lowest BCUT2D eigenvalue weighted by Crippen LogP contribution is -2.43. The smallest absolute Gasteiger partial charge is 0.328 e. The van der Waals surface area contributed by atoms with Gasteiger partial charge in [0.25, 0.3) is 5.91 Å². The second-order valence-corrected chi connectivity index (χ2v) is 7.04. The maximum atomic E-state index is 12.6. The van der Waals surface area contributed by atoms with Crippen LogP contribution in [0.1, 0.15) is 22.8 Å². The van der Waals surface area contributed by atoms with Crippen LogP contribution in [0.15, 0.2) is 46.9 Å². The van der Waals surface area contributed by atoms with Crippen molar-refractivity contribution in [2.75, 3.05) is 12.4 Å². The Morgan fingerprint density at radius 2 is 1.93 bits per heavy atom. The van der Waals surface area contributed by atoms with Crippen LogP contribution in [0.5, 0.6) is 0 Å². The molecule has 2 aromatic rings. The first-order valence-electron chi connectivity index (χ1n) is 8.00. The number of anilines is 1. The van der Waals surface area contributed by atoms with Gasteiger partial charge in [0.05, 0.1) is 7.11 Å². The second kappa shape index (κ2) is 9.53. The fraction of sp³-hybridized carbons (Fsp3) is 0.211. The molecular weight excluding hydrogens is 436 g/mol. The summed E-state index contributed by atoms with van der Waals surface area (Å²) >= 11 is 9.43. The number of methoxy groups -OCH3 is 1. The monoisotopic (exact) mass is 452 g/mol. The Morgan fingerprint density at radius 3 is 2.59 bits per heavy atom. The van der Waals surface area contributed by atoms with Crippen molar-refractivity contribution >= 4 is 51.0 Å². The molecule has 0 radical (unpaired) electrons. The molecule has 0 heterocycles. The van der Waals surface area contributed by atoms with Gasteiger partial charge in [0.2, 0.25) is 5.91 Å². The van der Waals surface area contributed by atoms with Gasteiger partial charge in [-0.15, -0.1) is 0 Å². The third-order valence-electron chi connectivity index (χ3n) is 3.67. The number of benzene rings is 2. The summed E-state index contributed by atoms with van der Waals surface area (Å²) in [5, 5.41) is 5.80. The van der Waals surface area contributed by atoms with Crippen molar-refractivity contribution < 1.29 is 19.1 Å². The summed E-state index contributed by atoms with van der Waals surface area (Å²) in [6.07, 6.45) is 0.199. The molecule has 0 aromatic heterocycles. The van der Waals surface area contributed by atoms with Crippen molar-refractivity contribution in [1.82, 2.24) is 5.32 Å². The van der Waals surface area contributed by atoms with Gasteiger partial charge in [0.15, 0.2) is 0 Å². The van der Waals surface area contributed by atoms with E-state index in [9.17, 15) is 14.4 Å². The SMILES string of the molecule is COC(=O)[C@@H](Cc1cc(Cl)ccc1Br)NC(=O)c1cccc(NC(C)=O)c1. The van der Waals surface area contributed by atoms with Gasteiger partial charge in [-0.2, -0.15) is 0 Å². The van der Waals surface area contributed by atoms with Gasteiger partial charge < -0.3 is 15.4 Å². The lowest BCUT2D eigenvalue weighted by atomic mass is 10.1. The maximum Gasteiger partial charge on any atom is 0.328 e. The van der Waals surface area contributed by atoms with Crippen LogP contribution in [0.4, 0.5) is 5.69 Å². The molecule has 2 N–H and O–H groups in total. The van der Waals surface area contributed by atoms with Gasteiger partial charge in [-0.3, -0.25) is 9.59 Å². The summed E-state index contributed by atoms with van der Waals surface area (Å²) in [6, 6.07) is 10.7. The molecule has 0 spiro atoms. The van der Waals surface area contributed by atoms with Crippen molar-refractivity contribution in [3.05, 3.63) is 63.1 Å². The summed E-state index contributed by atoms with van der Waals surface area (Å²) in [4.78, 5) is 35.9. The minimum absolute atomic E-state index is 0.199. The summed E-state index contributed by atoms with van der Waals surface area (Å²) in [5.74, 6) is -1.28. The molecule has 27 heavy (non-hydrogen) atoms. The largest absolute Gasteiger partial charge is 0.467 e. The first kappa shape index (κ1) is 20.9. The minimum Gasteiger partial charge on any atom is -0.467 e. The number of esters is 1. The molecule has 0 aliphatic heterocycles. The molecule has 0 unspecified atom stereocenters. The number of nitrogens with one attached hydrogen (secondary N) is 2. The van der Waals surface area contributed by atoms with Crippen LogP contribution >= 0.6 is 27.5 Å². The summed E-state index contributed by atoms with van der Waals surface area (Å²) in [6.45, 7) is 1.38. The number of amides is 2. The van der Waals surface area contributed by atoms with E-state index in [4.69, 9.17) is 16.3 Å². The van der Waals surface area contributed by atoms with Crippen molar-refractivity contribution in [3.8, 4) is 0 Å². The Bertz CT molecular complexity index is 873. The first-order chi connectivity index (χ1) is 12.8. The highest BCUT2D eigenvalue weighted by Gasteiger charge is 2.24. The molecule has 8 heteroatoms. The quantitative estimate of drug-likeness (QED) is 0.655. The first-order valence-corrected chi connectivity index (χ1v) is 9.17. The molecule has 0 saturated heterocycles. The molecule has 0 bridgehead atoms. The highest BCUT2D eigenvalue weighted by molar-refractivity contribution is 9.10. The second-order valence-electron chi connectivity index (χ2n) is 5.75. The van der Waals surface area contributed by atoms with E-state index >= 15 is 0 Å². The fourth-order valence-corrected chi connectivity index (χ4v) is 3.04. The Morgan fingerprint density at radius 1 is 1.19 bits per heavy atom. The number of halogens is 2. The predicted molar refractivity (Wildman–Crippen MR) is 107 cm³/mol. The number of carbonyl (C=O) groups excluding carboxylic acids is 3. The topological polar surface area (TPSA) is 84.5 Å². The standard InChI is InChI=1S/C19H18BrClN2O4/c1-11(24)22-15-5-3-4-12(9-15)18(25)23-17(19(26)27-2)10-13-8-14(21)6-7-16(13)20/h3-9,17H,10H2,1-2H3,(H,22,24)(H,23,25)/t17-/m1/s1. The van der Waals surface area contributed by atoms with Gasteiger partial charge in [-0.1, -0.05) is 33.6 Å². The highest BCUT2D eigenvalue weighted by Crippen LogP contribution is 2.23. The summed E-state index contributed by atoms with van der Waals surface area (Å²) in [5.41, 5.74) is 1.55. The highest BCUT2D eigenvalue weighted by atomic mass is 79.9. The average Bonchev–Trinajstić information content (AvgIpc) is 2.63. The molecule has 2 amide bonds. The average molecular weight is 454 g/mol. The van der Waals surface area contributed by atoms with Crippen LogP contribution in [0.25, 0.3) is 0 Å². The zero-order valence-corrected chi connectivity index (χ0v) is 17.1. The number of hydrogen-bond donors (Lipinski definition) is 2. The Hall–Kier alpha value is -2.38. The number of ether oxygens (including phenoxy) is 1. The fourth-order valence-electron chi connectivity index (χ4n) is 2.44. The molecule has 0 aliphatic rings. The van der Waals surface area contributed by atoms with E-state index in [0.29, 0.717) is 16.3 Å². The van der Waals surface area contributed by atoms with E-state index in [2.05, 4.69) is 26.6 Å². The van der Waals surface area contributed by atoms with E-state index in [0.717, 1.165) is 10.0 Å². The van der Waals surface area contributed by atoms with Gasteiger partial charge in [0, 0.05) is 34.1 Å². The number of carbonyl (C=O) groups is 3. The minimum atomic E-state index is -0.901. The van der Waals surface area contributed by atoms with E-state index in [1.54, 1.807) is 36.4 Å². The number of hydrogen-bond acceptors (Lipinski definition) is 4. The van der Waals surface area contributed by atoms with Gasteiger partial charge in [0.1, 0.15) is 6.04 Å². The Balaban J connectivity index is 2.20. The van der Waals surface area contributed by atoms with E-state index in [-0.39, 0.29) is 12.3 Å². The van der Waals surface area contributed by atoms with Gasteiger partial charge in [-0.25, -0.2) is 4.79 Å². The van der Waals surface area contributed by atoms with Crippen LogP contribution < -0.4 is 10.6 Å². The molecule has 6 nitrogen and oxygen atoms in total. The van der Waals surface area contributed by atoms with E-state index in [1.165, 1.54) is 20.1 Å². The summed E-state index contributed by atoms with van der Waals surface area (Å²) < 4.78 is 5.58. The van der Waals surface area contributed by atoms with Crippen molar-refractivity contribution in [2.45, 2.75) is 19.4 Å². The third kappa shape index (κ3) is 6.08. The molecule has 0 fully saturated rings. The third-order valence-corrected chi connectivity index (χ3v) is 4.68. The molecule has 142 valence electrons. The van der Waals surface area contributed by atoms with Gasteiger partial charge in [-0.05, 0) is 42.0 Å². The predicted octanol–water partition coefficient (Wildman–Crippen LogP) is 3.58. The molecule has 1 atom stereocenters. The van der Waals surface area contributed by atoms with Gasteiger partial charge >= 0.3 is 5.97 Å². The molecule has 0 aliphatic carbocycles. The lowest BCUT2D eigenvalue weighted by molar-refractivity contribution is -0.142. The van der Waals surface area contributed by atoms with E-state index < -0.39 is 17.9 Å². The van der Waals surface area contributed by atoms with Crippen LogP contribution in [0.3, 0.4) is 0 Å².